The molecule has 1 atom stereocenters. The van der Waals surface area contributed by atoms with Crippen molar-refractivity contribution in [3.8, 4) is 0 Å². The maximum atomic E-state index is 12.3. The molecule has 0 bridgehead atoms. The lowest BCUT2D eigenvalue weighted by atomic mass is 10.2. The Balaban J connectivity index is 2.30. The van der Waals surface area contributed by atoms with E-state index in [9.17, 15) is 4.21 Å². The molecule has 2 rings (SSSR count). The number of nitrogen functional groups attached to an aromatic ring is 1. The van der Waals surface area contributed by atoms with Gasteiger partial charge in [-0.1, -0.05) is 18.2 Å². The normalized spacial score (nSPS) is 12.1. The van der Waals surface area contributed by atoms with Crippen LogP contribution in [0, 0.1) is 0 Å². The Bertz CT molecular complexity index is 555. The third kappa shape index (κ3) is 2.71. The Morgan fingerprint density at radius 3 is 2.44 bits per heavy atom. The van der Waals surface area contributed by atoms with E-state index >= 15 is 0 Å². The van der Waals surface area contributed by atoms with E-state index in [0.29, 0.717) is 5.69 Å². The van der Waals surface area contributed by atoms with Crippen LogP contribution in [0.25, 0.3) is 0 Å². The molecule has 0 aliphatic heterocycles. The first-order valence-corrected chi connectivity index (χ1v) is 6.97. The van der Waals surface area contributed by atoms with Crippen molar-refractivity contribution in [1.29, 1.82) is 0 Å². The first-order valence-electron chi connectivity index (χ1n) is 5.82. The molecule has 0 spiro atoms. The highest BCUT2D eigenvalue weighted by Gasteiger charge is 2.08. The smallest absolute Gasteiger partial charge is 0.0850 e. The Morgan fingerprint density at radius 2 is 1.83 bits per heavy atom. The first kappa shape index (κ1) is 12.6. The van der Waals surface area contributed by atoms with Gasteiger partial charge in [0, 0.05) is 16.3 Å². The van der Waals surface area contributed by atoms with E-state index in [-0.39, 0.29) is 0 Å². The van der Waals surface area contributed by atoms with Crippen molar-refractivity contribution in [2.75, 3.05) is 17.6 Å². The predicted octanol–water partition coefficient (Wildman–Crippen LogP) is 2.87. The van der Waals surface area contributed by atoms with Gasteiger partial charge in [0.2, 0.25) is 0 Å². The molecule has 0 saturated heterocycles. The zero-order valence-corrected chi connectivity index (χ0v) is 11.0. The van der Waals surface area contributed by atoms with Crippen LogP contribution >= 0.6 is 0 Å². The van der Waals surface area contributed by atoms with E-state index in [1.165, 1.54) is 0 Å². The van der Waals surface area contributed by atoms with Gasteiger partial charge in [0.15, 0.2) is 0 Å². The van der Waals surface area contributed by atoms with Crippen LogP contribution in [0.4, 0.5) is 11.4 Å². The molecule has 0 aliphatic carbocycles. The summed E-state index contributed by atoms with van der Waals surface area (Å²) in [6, 6.07) is 14.8. The van der Waals surface area contributed by atoms with Gasteiger partial charge in [0.25, 0.3) is 0 Å². The molecule has 0 aromatic heterocycles. The monoisotopic (exact) mass is 260 g/mol. The van der Waals surface area contributed by atoms with Gasteiger partial charge in [-0.25, -0.2) is 4.21 Å². The Morgan fingerprint density at radius 1 is 1.11 bits per heavy atom. The van der Waals surface area contributed by atoms with Gasteiger partial charge in [-0.3, -0.25) is 0 Å². The van der Waals surface area contributed by atoms with Gasteiger partial charge in [0.05, 0.1) is 22.2 Å². The number of nitrogens with one attached hydrogen (secondary N) is 1. The van der Waals surface area contributed by atoms with Crippen molar-refractivity contribution in [1.82, 2.24) is 0 Å². The number of anilines is 2. The van der Waals surface area contributed by atoms with Crippen LogP contribution in [0.2, 0.25) is 0 Å². The molecule has 0 saturated carbocycles. The van der Waals surface area contributed by atoms with Crippen molar-refractivity contribution < 1.29 is 4.21 Å². The van der Waals surface area contributed by atoms with Crippen LogP contribution in [-0.2, 0) is 10.8 Å². The van der Waals surface area contributed by atoms with Gasteiger partial charge in [-0.05, 0) is 37.3 Å². The summed E-state index contributed by atoms with van der Waals surface area (Å²) in [5, 5.41) is 3.16. The van der Waals surface area contributed by atoms with Gasteiger partial charge in [-0.2, -0.15) is 0 Å². The lowest BCUT2D eigenvalue weighted by Gasteiger charge is -2.09. The molecule has 3 nitrogen and oxygen atoms in total. The fourth-order valence-electron chi connectivity index (χ4n) is 1.69. The molecule has 3 N–H and O–H groups in total. The summed E-state index contributed by atoms with van der Waals surface area (Å²) in [7, 11) is -1.18. The van der Waals surface area contributed by atoms with Crippen LogP contribution in [0.3, 0.4) is 0 Å². The van der Waals surface area contributed by atoms with Crippen LogP contribution in [0.1, 0.15) is 6.92 Å². The summed E-state index contributed by atoms with van der Waals surface area (Å²) < 4.78 is 12.3. The van der Waals surface area contributed by atoms with Gasteiger partial charge in [0.1, 0.15) is 0 Å². The lowest BCUT2D eigenvalue weighted by molar-refractivity contribution is 0.683. The zero-order valence-electron chi connectivity index (χ0n) is 10.2. The first-order chi connectivity index (χ1) is 8.72. The fourth-order valence-corrected chi connectivity index (χ4v) is 2.79. The highest BCUT2D eigenvalue weighted by Crippen LogP contribution is 2.24. The second-order valence-corrected chi connectivity index (χ2v) is 5.34. The number of benzene rings is 2. The summed E-state index contributed by atoms with van der Waals surface area (Å²) in [4.78, 5) is 1.51. The van der Waals surface area contributed by atoms with E-state index < -0.39 is 10.8 Å². The summed E-state index contributed by atoms with van der Waals surface area (Å²) in [6.45, 7) is 2.82. The largest absolute Gasteiger partial charge is 0.397 e. The highest BCUT2D eigenvalue weighted by atomic mass is 32.2. The van der Waals surface area contributed by atoms with Crippen molar-refractivity contribution in [2.45, 2.75) is 16.7 Å². The predicted molar refractivity (Wildman–Crippen MR) is 76.1 cm³/mol. The van der Waals surface area contributed by atoms with Crippen LogP contribution < -0.4 is 11.1 Å². The van der Waals surface area contributed by atoms with Crippen molar-refractivity contribution in [3.05, 3.63) is 48.5 Å². The maximum Gasteiger partial charge on any atom is 0.0850 e. The van der Waals surface area contributed by atoms with Crippen LogP contribution in [0.15, 0.2) is 58.3 Å². The van der Waals surface area contributed by atoms with E-state index in [1.54, 1.807) is 6.07 Å². The topological polar surface area (TPSA) is 55.1 Å². The van der Waals surface area contributed by atoms with E-state index in [2.05, 4.69) is 5.32 Å². The van der Waals surface area contributed by atoms with Gasteiger partial charge in [-0.15, -0.1) is 0 Å². The number of hydrogen-bond donors (Lipinski definition) is 2. The summed E-state index contributed by atoms with van der Waals surface area (Å²) in [6.07, 6.45) is 0. The molecule has 2 aromatic rings. The molecule has 0 heterocycles. The minimum absolute atomic E-state index is 0.624. The Hall–Kier alpha value is -1.81. The second kappa shape index (κ2) is 5.69. The third-order valence-corrected chi connectivity index (χ3v) is 3.94. The molecule has 0 amide bonds. The van der Waals surface area contributed by atoms with E-state index in [1.807, 2.05) is 49.4 Å². The van der Waals surface area contributed by atoms with E-state index in [0.717, 1.165) is 22.0 Å². The van der Waals surface area contributed by atoms with Crippen molar-refractivity contribution in [3.63, 3.8) is 0 Å². The molecule has 0 radical (unpaired) electrons. The minimum atomic E-state index is -1.18. The molecular formula is C14H16N2OS. The molecule has 4 heteroatoms. The average Bonchev–Trinajstić information content (AvgIpc) is 2.41. The van der Waals surface area contributed by atoms with Gasteiger partial charge < -0.3 is 11.1 Å². The average molecular weight is 260 g/mol. The molecule has 1 unspecified atom stereocenters. The van der Waals surface area contributed by atoms with Crippen molar-refractivity contribution in [2.24, 2.45) is 0 Å². The fraction of sp³-hybridized carbons (Fsp3) is 0.143. The van der Waals surface area contributed by atoms with Gasteiger partial charge >= 0.3 is 0 Å². The quantitative estimate of drug-likeness (QED) is 0.831. The maximum absolute atomic E-state index is 12.3. The highest BCUT2D eigenvalue weighted by molar-refractivity contribution is 7.85. The van der Waals surface area contributed by atoms with Crippen LogP contribution in [-0.4, -0.2) is 10.8 Å². The summed E-state index contributed by atoms with van der Waals surface area (Å²) in [5.74, 6) is 0. The zero-order chi connectivity index (χ0) is 13.0. The molecular weight excluding hydrogens is 244 g/mol. The standard InChI is InChI=1S/C14H16N2OS/c1-2-16-14-9-8-12(10-13(14)15)18(17)11-6-4-3-5-7-11/h3-10,16H,2,15H2,1H3. The third-order valence-electron chi connectivity index (χ3n) is 2.56. The summed E-state index contributed by atoms with van der Waals surface area (Å²) >= 11 is 0. The molecule has 0 aliphatic rings. The van der Waals surface area contributed by atoms with E-state index in [4.69, 9.17) is 5.73 Å². The SMILES string of the molecule is CCNc1ccc(S(=O)c2ccccc2)cc1N. The van der Waals surface area contributed by atoms with Crippen molar-refractivity contribution >= 4 is 22.2 Å². The number of nitrogens with two attached hydrogens (primary N) is 1. The second-order valence-electron chi connectivity index (χ2n) is 3.86. The number of rotatable bonds is 4. The van der Waals surface area contributed by atoms with Crippen LogP contribution in [0.5, 0.6) is 0 Å². The Kier molecular flexibility index (Phi) is 3.99. The molecule has 0 fully saturated rings. The summed E-state index contributed by atoms with van der Waals surface area (Å²) in [5.41, 5.74) is 7.43. The molecule has 2 aromatic carbocycles. The minimum Gasteiger partial charge on any atom is -0.397 e. The molecule has 94 valence electrons. The Labute approximate surface area is 109 Å². The lowest BCUT2D eigenvalue weighted by Crippen LogP contribution is -2.02. The number of hydrogen-bond acceptors (Lipinski definition) is 3. The molecule has 18 heavy (non-hydrogen) atoms.